The van der Waals surface area contributed by atoms with Gasteiger partial charge in [-0.2, -0.15) is 0 Å². The summed E-state index contributed by atoms with van der Waals surface area (Å²) in [4.78, 5) is 16.1. The minimum absolute atomic E-state index is 0.0411. The van der Waals surface area contributed by atoms with E-state index in [9.17, 15) is 13.2 Å². The largest absolute Gasteiger partial charge is 0.350 e. The molecule has 3 rings (SSSR count). The Balaban J connectivity index is 1.78. The Morgan fingerprint density at radius 1 is 1.06 bits per heavy atom. The third-order valence-electron chi connectivity index (χ3n) is 5.02. The number of nitrogens with one attached hydrogen (secondary N) is 2. The monoisotopic (exact) mass is 457 g/mol. The van der Waals surface area contributed by atoms with Gasteiger partial charge in [0, 0.05) is 22.7 Å². The molecule has 0 fully saturated rings. The Morgan fingerprint density at radius 2 is 1.77 bits per heavy atom. The number of rotatable bonds is 8. The van der Waals surface area contributed by atoms with Gasteiger partial charge in [0.1, 0.15) is 0 Å². The van der Waals surface area contributed by atoms with Gasteiger partial charge in [-0.15, -0.1) is 11.3 Å². The molecule has 0 bridgehead atoms. The molecule has 164 valence electrons. The van der Waals surface area contributed by atoms with E-state index in [1.165, 1.54) is 12.1 Å². The van der Waals surface area contributed by atoms with Crippen LogP contribution in [0.25, 0.3) is 0 Å². The molecule has 0 aliphatic heterocycles. The summed E-state index contributed by atoms with van der Waals surface area (Å²) >= 11 is 1.64. The summed E-state index contributed by atoms with van der Waals surface area (Å²) in [6.45, 7) is 4.15. The maximum absolute atomic E-state index is 12.9. The van der Waals surface area contributed by atoms with Gasteiger partial charge in [0.25, 0.3) is 15.9 Å². The van der Waals surface area contributed by atoms with Crippen molar-refractivity contribution in [3.05, 3.63) is 81.5 Å². The van der Waals surface area contributed by atoms with Gasteiger partial charge < -0.3 is 10.2 Å². The average Bonchev–Trinajstić information content (AvgIpc) is 3.24. The first-order chi connectivity index (χ1) is 14.7. The molecule has 31 heavy (non-hydrogen) atoms. The fraction of sp³-hybridized carbons (Fsp3) is 0.261. The highest BCUT2D eigenvalue weighted by molar-refractivity contribution is 7.92. The van der Waals surface area contributed by atoms with E-state index in [1.54, 1.807) is 36.5 Å². The summed E-state index contributed by atoms with van der Waals surface area (Å²) in [5.41, 5.74) is 2.57. The van der Waals surface area contributed by atoms with Crippen LogP contribution in [0.2, 0.25) is 0 Å². The van der Waals surface area contributed by atoms with E-state index in [-0.39, 0.29) is 16.8 Å². The molecule has 0 saturated heterocycles. The van der Waals surface area contributed by atoms with Crippen molar-refractivity contribution < 1.29 is 13.2 Å². The molecule has 2 N–H and O–H groups in total. The van der Waals surface area contributed by atoms with E-state index in [0.29, 0.717) is 23.4 Å². The third kappa shape index (κ3) is 5.72. The molecule has 1 amide bonds. The molecule has 3 aromatic rings. The van der Waals surface area contributed by atoms with Gasteiger partial charge in [-0.1, -0.05) is 29.8 Å². The van der Waals surface area contributed by atoms with E-state index in [0.717, 1.165) is 10.4 Å². The first-order valence-electron chi connectivity index (χ1n) is 9.85. The van der Waals surface area contributed by atoms with E-state index in [1.807, 2.05) is 55.6 Å². The Bertz CT molecular complexity index is 1140. The lowest BCUT2D eigenvalue weighted by Crippen LogP contribution is -2.34. The summed E-state index contributed by atoms with van der Waals surface area (Å²) in [5.74, 6) is -0.298. The topological polar surface area (TPSA) is 78.5 Å². The number of sulfonamides is 1. The predicted octanol–water partition coefficient (Wildman–Crippen LogP) is 4.20. The first-order valence-corrected chi connectivity index (χ1v) is 12.2. The zero-order valence-electron chi connectivity index (χ0n) is 18.0. The minimum Gasteiger partial charge on any atom is -0.350 e. The molecule has 2 aromatic carbocycles. The second-order valence-corrected chi connectivity index (χ2v) is 10.3. The molecule has 6 nitrogen and oxygen atoms in total. The van der Waals surface area contributed by atoms with Crippen LogP contribution in [0.3, 0.4) is 0 Å². The number of hydrogen-bond donors (Lipinski definition) is 2. The van der Waals surface area contributed by atoms with Crippen LogP contribution in [0.1, 0.15) is 32.4 Å². The normalized spacial score (nSPS) is 12.5. The van der Waals surface area contributed by atoms with Crippen LogP contribution in [0.5, 0.6) is 0 Å². The molecule has 0 spiro atoms. The number of benzene rings is 2. The number of carbonyl (C=O) groups excluding carboxylic acids is 1. The zero-order valence-corrected chi connectivity index (χ0v) is 19.7. The summed E-state index contributed by atoms with van der Waals surface area (Å²) in [6, 6.07) is 15.7. The average molecular weight is 458 g/mol. The number of amides is 1. The van der Waals surface area contributed by atoms with Crippen molar-refractivity contribution in [2.24, 2.45) is 0 Å². The number of aryl methyl sites for hydroxylation is 2. The van der Waals surface area contributed by atoms with Crippen molar-refractivity contribution in [3.63, 3.8) is 0 Å². The smallest absolute Gasteiger partial charge is 0.261 e. The van der Waals surface area contributed by atoms with Gasteiger partial charge in [-0.05, 0) is 69.2 Å². The van der Waals surface area contributed by atoms with Crippen molar-refractivity contribution in [2.45, 2.75) is 24.8 Å². The van der Waals surface area contributed by atoms with E-state index in [4.69, 9.17) is 0 Å². The SMILES string of the molecule is Cc1ccc(NS(=O)(=O)c2ccc(C)c(C(=O)NCC(c3cccs3)N(C)C)c2)cc1. The van der Waals surface area contributed by atoms with Crippen LogP contribution in [0.15, 0.2) is 64.9 Å². The fourth-order valence-electron chi connectivity index (χ4n) is 3.15. The number of carbonyl (C=O) groups is 1. The highest BCUT2D eigenvalue weighted by atomic mass is 32.2. The zero-order chi connectivity index (χ0) is 22.6. The van der Waals surface area contributed by atoms with Crippen LogP contribution in [0.4, 0.5) is 5.69 Å². The quantitative estimate of drug-likeness (QED) is 0.531. The number of anilines is 1. The molecule has 0 saturated carbocycles. The molecule has 0 aliphatic carbocycles. The molecule has 0 aliphatic rings. The molecular weight excluding hydrogens is 430 g/mol. The highest BCUT2D eigenvalue weighted by Crippen LogP contribution is 2.23. The maximum Gasteiger partial charge on any atom is 0.261 e. The lowest BCUT2D eigenvalue weighted by Gasteiger charge is -2.23. The summed E-state index contributed by atoms with van der Waals surface area (Å²) in [6.07, 6.45) is 0. The minimum atomic E-state index is -3.82. The molecule has 8 heteroatoms. The third-order valence-corrected chi connectivity index (χ3v) is 7.37. The van der Waals surface area contributed by atoms with Crippen LogP contribution in [-0.2, 0) is 10.0 Å². The predicted molar refractivity (Wildman–Crippen MR) is 126 cm³/mol. The lowest BCUT2D eigenvalue weighted by molar-refractivity contribution is 0.0941. The van der Waals surface area contributed by atoms with E-state index >= 15 is 0 Å². The highest BCUT2D eigenvalue weighted by Gasteiger charge is 2.20. The van der Waals surface area contributed by atoms with Crippen molar-refractivity contribution in [1.29, 1.82) is 0 Å². The summed E-state index contributed by atoms with van der Waals surface area (Å²) in [7, 11) is 0.112. The Kier molecular flexibility index (Phi) is 7.15. The van der Waals surface area contributed by atoms with Gasteiger partial charge in [-0.25, -0.2) is 8.42 Å². The molecule has 1 unspecified atom stereocenters. The fourth-order valence-corrected chi connectivity index (χ4v) is 5.16. The second kappa shape index (κ2) is 9.64. The standard InChI is InChI=1S/C23H27N3O3S2/c1-16-7-10-18(11-8-16)25-31(28,29)19-12-9-17(2)20(14-19)23(27)24-15-21(26(3)4)22-6-5-13-30-22/h5-14,21,25H,15H2,1-4H3,(H,24,27). The Morgan fingerprint density at radius 3 is 2.39 bits per heavy atom. The number of nitrogens with zero attached hydrogens (tertiary/aromatic N) is 1. The Labute approximate surface area is 188 Å². The first kappa shape index (κ1) is 23.0. The molecular formula is C23H27N3O3S2. The summed E-state index contributed by atoms with van der Waals surface area (Å²) in [5, 5.41) is 4.96. The van der Waals surface area contributed by atoms with Crippen LogP contribution in [-0.4, -0.2) is 39.9 Å². The molecule has 1 atom stereocenters. The number of likely N-dealkylation sites (N-methyl/N-ethyl adjacent to an activating group) is 1. The van der Waals surface area contributed by atoms with Crippen LogP contribution < -0.4 is 10.0 Å². The maximum atomic E-state index is 12.9. The van der Waals surface area contributed by atoms with Gasteiger partial charge in [0.05, 0.1) is 10.9 Å². The number of thiophene rings is 1. The second-order valence-electron chi connectivity index (χ2n) is 7.65. The van der Waals surface area contributed by atoms with Crippen molar-refractivity contribution in [2.75, 3.05) is 25.4 Å². The summed E-state index contributed by atoms with van der Waals surface area (Å²) < 4.78 is 28.2. The van der Waals surface area contributed by atoms with Crippen LogP contribution in [0, 0.1) is 13.8 Å². The van der Waals surface area contributed by atoms with Crippen molar-refractivity contribution >= 4 is 33.0 Å². The van der Waals surface area contributed by atoms with E-state index in [2.05, 4.69) is 10.0 Å². The lowest BCUT2D eigenvalue weighted by atomic mass is 10.1. The van der Waals surface area contributed by atoms with Gasteiger partial charge in [0.15, 0.2) is 0 Å². The molecule has 1 aromatic heterocycles. The van der Waals surface area contributed by atoms with E-state index < -0.39 is 10.0 Å². The van der Waals surface area contributed by atoms with Gasteiger partial charge in [-0.3, -0.25) is 9.52 Å². The van der Waals surface area contributed by atoms with Crippen molar-refractivity contribution in [1.82, 2.24) is 10.2 Å². The van der Waals surface area contributed by atoms with Crippen molar-refractivity contribution in [3.8, 4) is 0 Å². The van der Waals surface area contributed by atoms with Gasteiger partial charge >= 0.3 is 0 Å². The number of hydrogen-bond acceptors (Lipinski definition) is 5. The van der Waals surface area contributed by atoms with Crippen LogP contribution >= 0.6 is 11.3 Å². The van der Waals surface area contributed by atoms with Gasteiger partial charge in [0.2, 0.25) is 0 Å². The Hall–Kier alpha value is -2.68. The molecule has 0 radical (unpaired) electrons. The molecule has 1 heterocycles.